The molecule has 2 fully saturated rings. The van der Waals surface area contributed by atoms with Gasteiger partial charge in [0, 0.05) is 6.04 Å². The average molecular weight is 316 g/mol. The van der Waals surface area contributed by atoms with Crippen LogP contribution in [0.1, 0.15) is 32.1 Å². The largest absolute Gasteiger partial charge is 0.486 e. The minimum Gasteiger partial charge on any atom is -0.486 e. The summed E-state index contributed by atoms with van der Waals surface area (Å²) in [6.45, 7) is 0.960. The molecule has 0 bridgehead atoms. The molecular formula is C18H24N2O3. The van der Waals surface area contributed by atoms with Crippen molar-refractivity contribution < 1.29 is 14.3 Å². The Morgan fingerprint density at radius 3 is 2.91 bits per heavy atom. The fourth-order valence-corrected chi connectivity index (χ4v) is 4.02. The highest BCUT2D eigenvalue weighted by molar-refractivity contribution is 5.82. The van der Waals surface area contributed by atoms with Crippen LogP contribution in [0.4, 0.5) is 0 Å². The van der Waals surface area contributed by atoms with Crippen molar-refractivity contribution in [3.63, 3.8) is 0 Å². The fourth-order valence-electron chi connectivity index (χ4n) is 4.02. The summed E-state index contributed by atoms with van der Waals surface area (Å²) in [6, 6.07) is 8.14. The van der Waals surface area contributed by atoms with Crippen LogP contribution in [0.25, 0.3) is 0 Å². The van der Waals surface area contributed by atoms with E-state index in [4.69, 9.17) is 9.47 Å². The Labute approximate surface area is 136 Å². The van der Waals surface area contributed by atoms with Gasteiger partial charge in [0.2, 0.25) is 5.91 Å². The first-order valence-corrected chi connectivity index (χ1v) is 8.72. The lowest BCUT2D eigenvalue weighted by molar-refractivity contribution is -0.123. The van der Waals surface area contributed by atoms with Crippen LogP contribution in [0.2, 0.25) is 0 Å². The Morgan fingerprint density at radius 2 is 2.04 bits per heavy atom. The van der Waals surface area contributed by atoms with Gasteiger partial charge < -0.3 is 20.1 Å². The first-order chi connectivity index (χ1) is 11.3. The second-order valence-electron chi connectivity index (χ2n) is 6.85. The SMILES string of the molecule is O=C(NCC1COc2ccccc2O1)C1CC2CCCCC2N1. The van der Waals surface area contributed by atoms with Gasteiger partial charge in [-0.25, -0.2) is 0 Å². The van der Waals surface area contributed by atoms with Crippen molar-refractivity contribution in [2.24, 2.45) is 5.92 Å². The third-order valence-corrected chi connectivity index (χ3v) is 5.25. The van der Waals surface area contributed by atoms with E-state index >= 15 is 0 Å². The van der Waals surface area contributed by atoms with Gasteiger partial charge in [-0.2, -0.15) is 0 Å². The van der Waals surface area contributed by atoms with E-state index in [2.05, 4.69) is 10.6 Å². The lowest BCUT2D eigenvalue weighted by Gasteiger charge is -2.27. The molecule has 4 rings (SSSR count). The molecule has 2 N–H and O–H groups in total. The summed E-state index contributed by atoms with van der Waals surface area (Å²) >= 11 is 0. The summed E-state index contributed by atoms with van der Waals surface area (Å²) in [4.78, 5) is 12.4. The van der Waals surface area contributed by atoms with Crippen LogP contribution in [-0.2, 0) is 4.79 Å². The van der Waals surface area contributed by atoms with E-state index in [1.807, 2.05) is 24.3 Å². The van der Waals surface area contributed by atoms with Gasteiger partial charge in [-0.3, -0.25) is 4.79 Å². The number of benzene rings is 1. The Bertz CT molecular complexity index is 563. The zero-order valence-electron chi connectivity index (χ0n) is 13.3. The monoisotopic (exact) mass is 316 g/mol. The number of ether oxygens (including phenoxy) is 2. The standard InChI is InChI=1S/C18H24N2O3/c21-18(15-9-12-5-1-2-6-14(12)20-15)19-10-13-11-22-16-7-3-4-8-17(16)23-13/h3-4,7-8,12-15,20H,1-2,5-6,9-11H2,(H,19,21). The molecule has 3 aliphatic rings. The fraction of sp³-hybridized carbons (Fsp3) is 0.611. The van der Waals surface area contributed by atoms with Gasteiger partial charge in [-0.1, -0.05) is 25.0 Å². The van der Waals surface area contributed by atoms with Crippen molar-refractivity contribution in [1.29, 1.82) is 0 Å². The first-order valence-electron chi connectivity index (χ1n) is 8.72. The minimum atomic E-state index is -0.127. The van der Waals surface area contributed by atoms with Crippen molar-refractivity contribution in [2.45, 2.75) is 50.3 Å². The Balaban J connectivity index is 1.28. The highest BCUT2D eigenvalue weighted by Crippen LogP contribution is 2.33. The number of para-hydroxylation sites is 2. The zero-order chi connectivity index (χ0) is 15.6. The highest BCUT2D eigenvalue weighted by Gasteiger charge is 2.38. The molecule has 2 heterocycles. The van der Waals surface area contributed by atoms with E-state index in [9.17, 15) is 4.79 Å². The molecule has 124 valence electrons. The van der Waals surface area contributed by atoms with Gasteiger partial charge in [-0.15, -0.1) is 0 Å². The molecule has 5 heteroatoms. The maximum Gasteiger partial charge on any atom is 0.237 e. The summed E-state index contributed by atoms with van der Waals surface area (Å²) in [6.07, 6.45) is 5.92. The molecule has 1 saturated heterocycles. The molecule has 5 nitrogen and oxygen atoms in total. The molecule has 1 aliphatic carbocycles. The summed E-state index contributed by atoms with van der Waals surface area (Å²) in [5.74, 6) is 2.31. The van der Waals surface area contributed by atoms with E-state index in [1.54, 1.807) is 0 Å². The lowest BCUT2D eigenvalue weighted by Crippen LogP contribution is -2.47. The van der Waals surface area contributed by atoms with Crippen molar-refractivity contribution in [2.75, 3.05) is 13.2 Å². The summed E-state index contributed by atoms with van der Waals surface area (Å²) in [5, 5.41) is 6.54. The molecule has 4 unspecified atom stereocenters. The molecule has 1 aromatic rings. The zero-order valence-corrected chi connectivity index (χ0v) is 13.3. The Kier molecular flexibility index (Phi) is 4.12. The van der Waals surface area contributed by atoms with Gasteiger partial charge in [0.1, 0.15) is 12.7 Å². The van der Waals surface area contributed by atoms with Crippen molar-refractivity contribution in [3.05, 3.63) is 24.3 Å². The molecule has 0 radical (unpaired) electrons. The summed E-state index contributed by atoms with van der Waals surface area (Å²) in [7, 11) is 0. The number of fused-ring (bicyclic) bond motifs is 2. The molecule has 2 aliphatic heterocycles. The van der Waals surface area contributed by atoms with E-state index < -0.39 is 0 Å². The molecule has 1 aromatic carbocycles. The third kappa shape index (κ3) is 3.15. The smallest absolute Gasteiger partial charge is 0.237 e. The lowest BCUT2D eigenvalue weighted by atomic mass is 9.85. The van der Waals surface area contributed by atoms with Crippen LogP contribution < -0.4 is 20.1 Å². The second kappa shape index (κ2) is 6.40. The quantitative estimate of drug-likeness (QED) is 0.894. The van der Waals surface area contributed by atoms with Crippen LogP contribution >= 0.6 is 0 Å². The minimum absolute atomic E-state index is 0.0418. The predicted octanol–water partition coefficient (Wildman–Crippen LogP) is 1.86. The van der Waals surface area contributed by atoms with Crippen LogP contribution in [0.5, 0.6) is 11.5 Å². The van der Waals surface area contributed by atoms with Gasteiger partial charge in [0.05, 0.1) is 12.6 Å². The van der Waals surface area contributed by atoms with E-state index in [0.29, 0.717) is 25.1 Å². The van der Waals surface area contributed by atoms with Gasteiger partial charge in [0.15, 0.2) is 11.5 Å². The van der Waals surface area contributed by atoms with E-state index in [0.717, 1.165) is 17.9 Å². The van der Waals surface area contributed by atoms with Crippen molar-refractivity contribution in [1.82, 2.24) is 10.6 Å². The number of hydrogen-bond acceptors (Lipinski definition) is 4. The number of carbonyl (C=O) groups is 1. The molecule has 0 spiro atoms. The summed E-state index contributed by atoms with van der Waals surface area (Å²) in [5.41, 5.74) is 0. The maximum absolute atomic E-state index is 12.4. The molecule has 1 saturated carbocycles. The van der Waals surface area contributed by atoms with E-state index in [-0.39, 0.29) is 18.1 Å². The van der Waals surface area contributed by atoms with Gasteiger partial charge >= 0.3 is 0 Å². The summed E-state index contributed by atoms with van der Waals surface area (Å²) < 4.78 is 11.6. The van der Waals surface area contributed by atoms with Crippen LogP contribution in [0.15, 0.2) is 24.3 Å². The van der Waals surface area contributed by atoms with Gasteiger partial charge in [-0.05, 0) is 37.3 Å². The molecule has 1 amide bonds. The number of hydrogen-bond donors (Lipinski definition) is 2. The molecular weight excluding hydrogens is 292 g/mol. The van der Waals surface area contributed by atoms with Crippen LogP contribution in [0, 0.1) is 5.92 Å². The van der Waals surface area contributed by atoms with Crippen LogP contribution in [0.3, 0.4) is 0 Å². The molecule has 4 atom stereocenters. The van der Waals surface area contributed by atoms with E-state index in [1.165, 1.54) is 25.7 Å². The third-order valence-electron chi connectivity index (χ3n) is 5.25. The van der Waals surface area contributed by atoms with Gasteiger partial charge in [0.25, 0.3) is 0 Å². The maximum atomic E-state index is 12.4. The number of amides is 1. The number of carbonyl (C=O) groups excluding carboxylic acids is 1. The molecule has 23 heavy (non-hydrogen) atoms. The topological polar surface area (TPSA) is 59.6 Å². The average Bonchev–Trinajstić information content (AvgIpc) is 3.04. The first kappa shape index (κ1) is 14.8. The number of rotatable bonds is 3. The second-order valence-corrected chi connectivity index (χ2v) is 6.85. The Morgan fingerprint density at radius 1 is 1.22 bits per heavy atom. The Hall–Kier alpha value is -1.75. The van der Waals surface area contributed by atoms with Crippen molar-refractivity contribution in [3.8, 4) is 11.5 Å². The van der Waals surface area contributed by atoms with Crippen molar-refractivity contribution >= 4 is 5.91 Å². The number of nitrogens with one attached hydrogen (secondary N) is 2. The predicted molar refractivity (Wildman–Crippen MR) is 86.6 cm³/mol. The highest BCUT2D eigenvalue weighted by atomic mass is 16.6. The van der Waals surface area contributed by atoms with Crippen LogP contribution in [-0.4, -0.2) is 37.2 Å². The normalized spacial score (nSPS) is 32.2. The molecule has 0 aromatic heterocycles.